The summed E-state index contributed by atoms with van der Waals surface area (Å²) in [6.07, 6.45) is -0.467. The van der Waals surface area contributed by atoms with Crippen LogP contribution in [0.1, 0.15) is 0 Å². The third kappa shape index (κ3) is 3.54. The topological polar surface area (TPSA) is 109 Å². The molecule has 2 aliphatic heterocycles. The Morgan fingerprint density at radius 3 is 2.31 bits per heavy atom. The molecular weight excluding hydrogens is 220 g/mol. The molecule has 16 heavy (non-hydrogen) atoms. The number of hydrogen-bond acceptors (Lipinski definition) is 7. The van der Waals surface area contributed by atoms with Crippen LogP contribution in [-0.4, -0.2) is 59.3 Å². The summed E-state index contributed by atoms with van der Waals surface area (Å²) in [6, 6.07) is 0. The molecule has 0 aromatic heterocycles. The lowest BCUT2D eigenvalue weighted by Crippen LogP contribution is -2.37. The summed E-state index contributed by atoms with van der Waals surface area (Å²) < 4.78 is 14.4. The first-order valence-corrected chi connectivity index (χ1v) is 4.66. The van der Waals surface area contributed by atoms with Crippen LogP contribution in [0.3, 0.4) is 0 Å². The van der Waals surface area contributed by atoms with Crippen molar-refractivity contribution in [1.82, 2.24) is 0 Å². The molecule has 2 heterocycles. The van der Waals surface area contributed by atoms with E-state index in [9.17, 15) is 4.79 Å². The van der Waals surface area contributed by atoms with E-state index in [4.69, 9.17) is 24.8 Å². The van der Waals surface area contributed by atoms with Gasteiger partial charge >= 0.3 is 5.97 Å². The van der Waals surface area contributed by atoms with Gasteiger partial charge in [-0.3, -0.25) is 0 Å². The van der Waals surface area contributed by atoms with E-state index >= 15 is 0 Å². The predicted molar refractivity (Wildman–Crippen MR) is 50.0 cm³/mol. The largest absolute Gasteiger partial charge is 0.429 e. The van der Waals surface area contributed by atoms with Crippen LogP contribution in [0.2, 0.25) is 0 Å². The highest BCUT2D eigenvalue weighted by Gasteiger charge is 2.60. The van der Waals surface area contributed by atoms with Gasteiger partial charge in [0.1, 0.15) is 6.10 Å². The van der Waals surface area contributed by atoms with Crippen LogP contribution in [-0.2, 0) is 19.0 Å². The fourth-order valence-electron chi connectivity index (χ4n) is 0.847. The molecule has 0 bridgehead atoms. The highest BCUT2D eigenvalue weighted by Crippen LogP contribution is 2.40. The average Bonchev–Trinajstić information content (AvgIpc) is 2.96. The molecule has 7 nitrogen and oxygen atoms in total. The molecule has 0 spiro atoms. The summed E-state index contributed by atoms with van der Waals surface area (Å²) in [5, 5.41) is 24.0. The zero-order chi connectivity index (χ0) is 12.1. The van der Waals surface area contributed by atoms with Gasteiger partial charge in [-0.05, 0) is 0 Å². The van der Waals surface area contributed by atoms with Gasteiger partial charge in [0.2, 0.25) is 6.29 Å². The van der Waals surface area contributed by atoms with Crippen LogP contribution in [0.25, 0.3) is 0 Å². The number of rotatable bonds is 4. The molecule has 0 saturated carbocycles. The van der Waals surface area contributed by atoms with Crippen molar-refractivity contribution in [3.8, 4) is 0 Å². The van der Waals surface area contributed by atoms with Crippen LogP contribution in [0, 0.1) is 0 Å². The van der Waals surface area contributed by atoms with Gasteiger partial charge in [-0.15, -0.1) is 0 Å². The number of carbonyl (C=O) groups excluding carboxylic acids is 1. The van der Waals surface area contributed by atoms with Gasteiger partial charge in [0.15, 0.2) is 12.4 Å². The molecule has 2 saturated heterocycles. The Balaban J connectivity index is 0.000000187. The Kier molecular flexibility index (Phi) is 4.84. The fourth-order valence-corrected chi connectivity index (χ4v) is 0.847. The molecule has 0 aromatic rings. The number of epoxide rings is 1. The molecule has 0 amide bonds. The van der Waals surface area contributed by atoms with E-state index in [-0.39, 0.29) is 25.6 Å². The fraction of sp³-hybridized carbons (Fsp3) is 0.667. The molecule has 2 fully saturated rings. The zero-order valence-electron chi connectivity index (χ0n) is 8.48. The minimum atomic E-state index is -0.954. The molecule has 2 rings (SSSR count). The van der Waals surface area contributed by atoms with Crippen molar-refractivity contribution >= 4 is 5.97 Å². The normalized spacial score (nSPS) is 29.4. The van der Waals surface area contributed by atoms with Crippen molar-refractivity contribution < 1.29 is 34.3 Å². The van der Waals surface area contributed by atoms with Crippen molar-refractivity contribution in [2.45, 2.75) is 24.8 Å². The average molecular weight is 234 g/mol. The van der Waals surface area contributed by atoms with Crippen LogP contribution in [0.5, 0.6) is 0 Å². The second-order valence-corrected chi connectivity index (χ2v) is 3.13. The first kappa shape index (κ1) is 13.1. The molecule has 7 heteroatoms. The molecule has 0 aromatic carbocycles. The third-order valence-corrected chi connectivity index (χ3v) is 1.84. The highest BCUT2D eigenvalue weighted by molar-refractivity contribution is 5.81. The van der Waals surface area contributed by atoms with Crippen molar-refractivity contribution in [3.05, 3.63) is 12.7 Å². The lowest BCUT2D eigenvalue weighted by Gasteiger charge is -2.19. The minimum Gasteiger partial charge on any atom is -0.429 e. The standard InChI is InChI=1S/C6H6O4.C3H8O3/c1-2-3(7)8-5-4-6(9-4)10-5;4-1-3(6)2-5/h2,4-6H,1H2;3-6H,1-2H2. The van der Waals surface area contributed by atoms with Crippen molar-refractivity contribution in [1.29, 1.82) is 0 Å². The zero-order valence-corrected chi connectivity index (χ0v) is 8.48. The van der Waals surface area contributed by atoms with Crippen molar-refractivity contribution in [2.75, 3.05) is 13.2 Å². The van der Waals surface area contributed by atoms with Gasteiger partial charge in [-0.2, -0.15) is 0 Å². The smallest absolute Gasteiger partial charge is 0.332 e. The molecule has 2 aliphatic rings. The minimum absolute atomic E-state index is 0.0103. The van der Waals surface area contributed by atoms with E-state index in [1.807, 2.05) is 0 Å². The Labute approximate surface area is 91.8 Å². The maximum absolute atomic E-state index is 10.5. The molecule has 3 N–H and O–H groups in total. The maximum Gasteiger partial charge on any atom is 0.332 e. The number of hydrogen-bond donors (Lipinski definition) is 3. The second-order valence-electron chi connectivity index (χ2n) is 3.13. The van der Waals surface area contributed by atoms with E-state index in [2.05, 4.69) is 11.3 Å². The van der Waals surface area contributed by atoms with E-state index in [0.29, 0.717) is 0 Å². The van der Waals surface area contributed by atoms with Crippen molar-refractivity contribution in [3.63, 3.8) is 0 Å². The van der Waals surface area contributed by atoms with Gasteiger partial charge in [0.05, 0.1) is 13.2 Å². The van der Waals surface area contributed by atoms with Crippen LogP contribution in [0.4, 0.5) is 0 Å². The quantitative estimate of drug-likeness (QED) is 0.297. The summed E-state index contributed by atoms with van der Waals surface area (Å²) in [5.74, 6) is -0.473. The molecule has 0 aliphatic carbocycles. The summed E-state index contributed by atoms with van der Waals surface area (Å²) in [5.41, 5.74) is 0. The molecule has 92 valence electrons. The molecule has 3 atom stereocenters. The van der Waals surface area contributed by atoms with Gasteiger partial charge in [0, 0.05) is 6.08 Å². The van der Waals surface area contributed by atoms with Crippen LogP contribution in [0.15, 0.2) is 12.7 Å². The first-order valence-electron chi connectivity index (χ1n) is 4.66. The summed E-state index contributed by atoms with van der Waals surface area (Å²) in [4.78, 5) is 10.5. The number of esters is 1. The number of fused-ring (bicyclic) bond motifs is 1. The van der Waals surface area contributed by atoms with E-state index in [1.54, 1.807) is 0 Å². The summed E-state index contributed by atoms with van der Waals surface area (Å²) in [6.45, 7) is 2.51. The van der Waals surface area contributed by atoms with Crippen molar-refractivity contribution in [2.24, 2.45) is 0 Å². The molecule has 3 unspecified atom stereocenters. The molecular formula is C9H14O7. The Morgan fingerprint density at radius 1 is 1.44 bits per heavy atom. The third-order valence-electron chi connectivity index (χ3n) is 1.84. The van der Waals surface area contributed by atoms with E-state index < -0.39 is 18.4 Å². The van der Waals surface area contributed by atoms with E-state index in [0.717, 1.165) is 6.08 Å². The van der Waals surface area contributed by atoms with Gasteiger partial charge in [-0.1, -0.05) is 6.58 Å². The maximum atomic E-state index is 10.5. The van der Waals surface area contributed by atoms with Crippen LogP contribution >= 0.6 is 0 Å². The van der Waals surface area contributed by atoms with Gasteiger partial charge in [-0.25, -0.2) is 4.79 Å². The Morgan fingerprint density at radius 2 is 2.06 bits per heavy atom. The lowest BCUT2D eigenvalue weighted by atomic mass is 10.3. The van der Waals surface area contributed by atoms with Gasteiger partial charge in [0.25, 0.3) is 0 Å². The van der Waals surface area contributed by atoms with Crippen LogP contribution < -0.4 is 0 Å². The lowest BCUT2D eigenvalue weighted by molar-refractivity contribution is -0.203. The Hall–Kier alpha value is -0.990. The number of ether oxygens (including phenoxy) is 3. The second kappa shape index (κ2) is 5.92. The number of aliphatic hydroxyl groups excluding tert-OH is 3. The Bertz CT molecular complexity index is 250. The number of carbonyl (C=O) groups is 1. The van der Waals surface area contributed by atoms with Gasteiger partial charge < -0.3 is 29.5 Å². The highest BCUT2D eigenvalue weighted by atomic mass is 16.9. The summed E-state index contributed by atoms with van der Waals surface area (Å²) in [7, 11) is 0. The monoisotopic (exact) mass is 234 g/mol. The number of aliphatic hydroxyl groups is 3. The van der Waals surface area contributed by atoms with E-state index in [1.165, 1.54) is 0 Å². The molecule has 0 radical (unpaired) electrons. The predicted octanol–water partition coefficient (Wildman–Crippen LogP) is -1.87. The SMILES string of the molecule is C=CC(=O)OC1OC2OC12.OCC(O)CO. The first-order chi connectivity index (χ1) is 7.62. The summed E-state index contributed by atoms with van der Waals surface area (Å²) >= 11 is 0.